The molecule has 6 nitrogen and oxygen atoms in total. The highest BCUT2D eigenvalue weighted by Crippen LogP contribution is 2.35. The highest BCUT2D eigenvalue weighted by molar-refractivity contribution is 7.25. The van der Waals surface area contributed by atoms with Crippen molar-refractivity contribution >= 4 is 14.4 Å². The van der Waals surface area contributed by atoms with Crippen LogP contribution in [0.5, 0.6) is 0 Å². The van der Waals surface area contributed by atoms with E-state index >= 15 is 0 Å². The molecule has 3 N–H and O–H groups in total. The fourth-order valence-electron chi connectivity index (χ4n) is 2.95. The van der Waals surface area contributed by atoms with Crippen molar-refractivity contribution in [2.75, 3.05) is 13.2 Å². The lowest BCUT2D eigenvalue weighted by Crippen LogP contribution is -2.58. The maximum atomic E-state index is 11.6. The lowest BCUT2D eigenvalue weighted by atomic mass is 9.89. The molecular weight excluding hydrogens is 329 g/mol. The minimum absolute atomic E-state index is 0.223. The molecule has 0 radical (unpaired) electrons. The van der Waals surface area contributed by atoms with Crippen molar-refractivity contribution < 1.29 is 24.3 Å². The second-order valence-electron chi connectivity index (χ2n) is 6.61. The van der Waals surface area contributed by atoms with E-state index in [0.29, 0.717) is 13.0 Å². The monoisotopic (exact) mass is 355 g/mol. The van der Waals surface area contributed by atoms with Crippen molar-refractivity contribution in [2.24, 2.45) is 0 Å². The van der Waals surface area contributed by atoms with Crippen molar-refractivity contribution in [3.63, 3.8) is 0 Å². The number of unbranched alkanes of at least 4 members (excludes halogenated alkanes) is 1. The van der Waals surface area contributed by atoms with E-state index in [9.17, 15) is 14.5 Å². The molecule has 4 atom stereocenters. The van der Waals surface area contributed by atoms with Crippen LogP contribution in [0, 0.1) is 0 Å². The number of hydrogen-bond acceptors (Lipinski definition) is 5. The minimum atomic E-state index is -1.37. The van der Waals surface area contributed by atoms with Gasteiger partial charge in [0.2, 0.25) is 0 Å². The third-order valence-corrected chi connectivity index (χ3v) is 5.76. The molecule has 1 aliphatic rings. The molecular formula is C17H26NO5P. The Morgan fingerprint density at radius 2 is 2.29 bits per heavy atom. The van der Waals surface area contributed by atoms with Crippen LogP contribution in [-0.2, 0) is 14.8 Å². The van der Waals surface area contributed by atoms with Gasteiger partial charge in [-0.25, -0.2) is 4.79 Å². The van der Waals surface area contributed by atoms with Gasteiger partial charge in [-0.1, -0.05) is 31.9 Å². The van der Waals surface area contributed by atoms with Gasteiger partial charge in [0.25, 0.3) is 0 Å². The molecule has 1 saturated heterocycles. The number of ether oxygens (including phenoxy) is 1. The third-order valence-electron chi connectivity index (χ3n) is 4.69. The summed E-state index contributed by atoms with van der Waals surface area (Å²) in [5.74, 6) is -0.973. The second kappa shape index (κ2) is 7.79. The lowest BCUT2D eigenvalue weighted by molar-refractivity contribution is -0.106. The highest BCUT2D eigenvalue weighted by Gasteiger charge is 2.42. The van der Waals surface area contributed by atoms with Gasteiger partial charge in [-0.15, -0.1) is 0 Å². The summed E-state index contributed by atoms with van der Waals surface area (Å²) < 4.78 is 17.4. The molecule has 0 saturated carbocycles. The Hall–Kier alpha value is -1.20. The number of carbonyl (C=O) groups is 1. The summed E-state index contributed by atoms with van der Waals surface area (Å²) in [5, 5.41) is 21.8. The quantitative estimate of drug-likeness (QED) is 0.649. The topological polar surface area (TPSA) is 95.9 Å². The number of hydrogen-bond donors (Lipinski definition) is 3. The molecule has 1 aromatic rings. The van der Waals surface area contributed by atoms with Crippen LogP contribution in [0.15, 0.2) is 24.3 Å². The molecule has 0 bridgehead atoms. The molecule has 0 aromatic heterocycles. The molecule has 0 amide bonds. The van der Waals surface area contributed by atoms with Crippen molar-refractivity contribution in [3.05, 3.63) is 35.4 Å². The molecule has 1 heterocycles. The van der Waals surface area contributed by atoms with Crippen molar-refractivity contribution in [3.8, 4) is 0 Å². The van der Waals surface area contributed by atoms with Crippen LogP contribution < -0.4 is 5.32 Å². The summed E-state index contributed by atoms with van der Waals surface area (Å²) in [4.78, 5) is 11.1. The largest absolute Gasteiger partial charge is 0.478 e. The lowest BCUT2D eigenvalue weighted by Gasteiger charge is -2.43. The molecule has 0 aliphatic carbocycles. The molecule has 7 heteroatoms. The summed E-state index contributed by atoms with van der Waals surface area (Å²) in [6, 6.07) is 6.73. The van der Waals surface area contributed by atoms with Gasteiger partial charge < -0.3 is 24.8 Å². The molecule has 24 heavy (non-hydrogen) atoms. The highest BCUT2D eigenvalue weighted by atomic mass is 31.1. The van der Waals surface area contributed by atoms with Gasteiger partial charge in [0.05, 0.1) is 26.2 Å². The first-order chi connectivity index (χ1) is 11.3. The minimum Gasteiger partial charge on any atom is -0.478 e. The number of rotatable bonds is 7. The predicted molar refractivity (Wildman–Crippen MR) is 93.4 cm³/mol. The first kappa shape index (κ1) is 19.1. The Morgan fingerprint density at radius 1 is 1.54 bits per heavy atom. The molecule has 1 fully saturated rings. The van der Waals surface area contributed by atoms with Crippen molar-refractivity contribution in [1.82, 2.24) is 5.32 Å². The summed E-state index contributed by atoms with van der Waals surface area (Å²) in [5.41, 5.74) is 0.486. The zero-order valence-electron chi connectivity index (χ0n) is 14.1. The smallest absolute Gasteiger partial charge is 0.335 e. The van der Waals surface area contributed by atoms with Crippen molar-refractivity contribution in [1.29, 1.82) is 0 Å². The Labute approximate surface area is 143 Å². The maximum absolute atomic E-state index is 11.6. The van der Waals surface area contributed by atoms with Crippen LogP contribution in [0.3, 0.4) is 0 Å². The summed E-state index contributed by atoms with van der Waals surface area (Å²) in [6.07, 6.45) is 1.65. The van der Waals surface area contributed by atoms with Gasteiger partial charge >= 0.3 is 5.97 Å². The Morgan fingerprint density at radius 3 is 2.83 bits per heavy atom. The Bertz CT molecular complexity index is 600. The fraction of sp³-hybridized carbons (Fsp3) is 0.588. The first-order valence-corrected chi connectivity index (χ1v) is 9.28. The molecule has 2 rings (SSSR count). The summed E-state index contributed by atoms with van der Waals surface area (Å²) >= 11 is 0. The maximum Gasteiger partial charge on any atom is 0.335 e. The Balaban J connectivity index is 2.11. The zero-order chi connectivity index (χ0) is 17.8. The van der Waals surface area contributed by atoms with E-state index in [1.54, 1.807) is 18.2 Å². The second-order valence-corrected chi connectivity index (χ2v) is 7.85. The van der Waals surface area contributed by atoms with Crippen LogP contribution >= 0.6 is 8.46 Å². The van der Waals surface area contributed by atoms with Crippen LogP contribution in [0.2, 0.25) is 0 Å². The number of carboxylic acid groups (broad SMARTS) is 1. The van der Waals surface area contributed by atoms with E-state index in [-0.39, 0.29) is 12.2 Å². The van der Waals surface area contributed by atoms with Gasteiger partial charge in [-0.05, 0) is 31.0 Å². The standard InChI is InChI=1S/C17H26NO5P/c1-3-4-8-17(21,24-22)14-10-18-16(2,11-23-14)13-7-5-6-12(9-13)15(19)20/h5-7,9,14,18,21H,3-4,8,10-11,24H2,1-2H3,(H,19,20)/t14-,16+,17?/m1/s1. The summed E-state index contributed by atoms with van der Waals surface area (Å²) in [6.45, 7) is 4.59. The molecule has 1 aromatic carbocycles. The third kappa shape index (κ3) is 4.06. The van der Waals surface area contributed by atoms with Gasteiger partial charge in [-0.2, -0.15) is 0 Å². The number of nitrogens with one attached hydrogen (secondary N) is 1. The number of carboxylic acids is 1. The van der Waals surface area contributed by atoms with Gasteiger partial charge in [0.15, 0.2) is 0 Å². The number of aromatic carboxylic acids is 1. The number of benzene rings is 1. The molecule has 134 valence electrons. The van der Waals surface area contributed by atoms with Crippen molar-refractivity contribution in [2.45, 2.75) is 50.1 Å². The molecule has 2 unspecified atom stereocenters. The van der Waals surface area contributed by atoms with Crippen LogP contribution in [0.4, 0.5) is 0 Å². The van der Waals surface area contributed by atoms with Gasteiger partial charge in [0.1, 0.15) is 11.4 Å². The number of morpholine rings is 1. The zero-order valence-corrected chi connectivity index (χ0v) is 15.3. The predicted octanol–water partition coefficient (Wildman–Crippen LogP) is 2.22. The molecule has 0 spiro atoms. The van der Waals surface area contributed by atoms with E-state index < -0.39 is 31.4 Å². The van der Waals surface area contributed by atoms with E-state index in [4.69, 9.17) is 9.84 Å². The van der Waals surface area contributed by atoms with Crippen LogP contribution in [0.1, 0.15) is 49.0 Å². The average Bonchev–Trinajstić information content (AvgIpc) is 2.60. The number of aliphatic hydroxyl groups is 1. The Kier molecular flexibility index (Phi) is 6.21. The van der Waals surface area contributed by atoms with Gasteiger partial charge in [-0.3, -0.25) is 0 Å². The van der Waals surface area contributed by atoms with E-state index in [0.717, 1.165) is 18.4 Å². The fourth-order valence-corrected chi connectivity index (χ4v) is 3.64. The molecule has 1 aliphatic heterocycles. The normalized spacial score (nSPS) is 27.2. The van der Waals surface area contributed by atoms with E-state index in [2.05, 4.69) is 5.32 Å². The van der Waals surface area contributed by atoms with E-state index in [1.807, 2.05) is 19.9 Å². The van der Waals surface area contributed by atoms with Crippen LogP contribution in [0.25, 0.3) is 0 Å². The van der Waals surface area contributed by atoms with E-state index in [1.165, 1.54) is 0 Å². The first-order valence-electron chi connectivity index (χ1n) is 8.24. The SMILES string of the molecule is CCCCC(O)([PH2]=O)[C@H]1CN[C@](C)(c2cccc(C(=O)O)c2)CO1. The summed E-state index contributed by atoms with van der Waals surface area (Å²) in [7, 11) is -1.37. The van der Waals surface area contributed by atoms with Crippen LogP contribution in [-0.4, -0.2) is 40.8 Å². The van der Waals surface area contributed by atoms with Gasteiger partial charge in [0, 0.05) is 6.54 Å². The average molecular weight is 355 g/mol.